The number of rotatable bonds is 2. The minimum Gasteiger partial charge on any atom is -0.478 e. The van der Waals surface area contributed by atoms with Gasteiger partial charge in [0.2, 0.25) is 0 Å². The number of hydrogen-bond acceptors (Lipinski definition) is 3. The Bertz CT molecular complexity index is 692. The molecule has 2 aromatic rings. The summed E-state index contributed by atoms with van der Waals surface area (Å²) in [5.41, 5.74) is 0.597. The molecule has 1 aromatic heterocycles. The third kappa shape index (κ3) is 2.18. The van der Waals surface area contributed by atoms with Crippen LogP contribution in [0.1, 0.15) is 16.8 Å². The average Bonchev–Trinajstić information content (AvgIpc) is 2.84. The van der Waals surface area contributed by atoms with Crippen LogP contribution < -0.4 is 4.90 Å². The van der Waals surface area contributed by atoms with Gasteiger partial charge in [-0.3, -0.25) is 0 Å². The minimum absolute atomic E-state index is 0.0491. The van der Waals surface area contributed by atoms with E-state index in [0.29, 0.717) is 36.2 Å². The number of nitrogens with zero attached hydrogens (tertiary/aromatic N) is 2. The van der Waals surface area contributed by atoms with E-state index in [4.69, 9.17) is 11.6 Å². The standard InChI is InChI=1S/C14H12ClFN2O2/c15-10-2-3-11-9(13(10)14(19)20)1-4-12(17-11)18-6-5-8(16)7-18/h1-4,8H,5-7H2,(H,19,20). The first-order chi connectivity index (χ1) is 9.56. The monoisotopic (exact) mass is 294 g/mol. The fourth-order valence-corrected chi connectivity index (χ4v) is 2.73. The summed E-state index contributed by atoms with van der Waals surface area (Å²) in [6.07, 6.45) is -0.326. The van der Waals surface area contributed by atoms with Crippen LogP contribution in [0.4, 0.5) is 10.2 Å². The number of pyridine rings is 1. The van der Waals surface area contributed by atoms with E-state index in [1.807, 2.05) is 4.90 Å². The van der Waals surface area contributed by atoms with Gasteiger partial charge in [-0.15, -0.1) is 0 Å². The summed E-state index contributed by atoms with van der Waals surface area (Å²) in [5.74, 6) is -0.420. The van der Waals surface area contributed by atoms with Gasteiger partial charge < -0.3 is 10.0 Å². The van der Waals surface area contributed by atoms with Crippen LogP contribution in [-0.2, 0) is 0 Å². The van der Waals surface area contributed by atoms with Gasteiger partial charge in [0.1, 0.15) is 12.0 Å². The Morgan fingerprint density at radius 3 is 2.85 bits per heavy atom. The number of aromatic carboxylic acids is 1. The van der Waals surface area contributed by atoms with Crippen LogP contribution in [0.5, 0.6) is 0 Å². The zero-order chi connectivity index (χ0) is 14.3. The maximum Gasteiger partial charge on any atom is 0.337 e. The summed E-state index contributed by atoms with van der Waals surface area (Å²) in [5, 5.41) is 9.88. The number of carboxylic acids is 1. The van der Waals surface area contributed by atoms with Crippen LogP contribution in [0.25, 0.3) is 10.9 Å². The predicted octanol–water partition coefficient (Wildman–Crippen LogP) is 3.13. The molecule has 0 bridgehead atoms. The van der Waals surface area contributed by atoms with E-state index in [9.17, 15) is 14.3 Å². The van der Waals surface area contributed by atoms with Gasteiger partial charge in [0, 0.05) is 11.9 Å². The molecule has 0 radical (unpaired) electrons. The summed E-state index contributed by atoms with van der Waals surface area (Å²) >= 11 is 5.92. The highest BCUT2D eigenvalue weighted by Crippen LogP contribution is 2.28. The van der Waals surface area contributed by atoms with Crippen LogP contribution in [0.15, 0.2) is 24.3 Å². The van der Waals surface area contributed by atoms with Crippen molar-refractivity contribution in [3.05, 3.63) is 34.9 Å². The zero-order valence-electron chi connectivity index (χ0n) is 10.5. The Kier molecular flexibility index (Phi) is 3.22. The molecular weight excluding hydrogens is 283 g/mol. The smallest absolute Gasteiger partial charge is 0.337 e. The Labute approximate surface area is 119 Å². The lowest BCUT2D eigenvalue weighted by Crippen LogP contribution is -2.21. The van der Waals surface area contributed by atoms with Crippen LogP contribution >= 0.6 is 11.6 Å². The molecule has 20 heavy (non-hydrogen) atoms. The number of benzene rings is 1. The molecule has 1 aromatic carbocycles. The summed E-state index contributed by atoms with van der Waals surface area (Å²) in [7, 11) is 0. The van der Waals surface area contributed by atoms with Crippen molar-refractivity contribution in [2.24, 2.45) is 0 Å². The van der Waals surface area contributed by atoms with Crippen LogP contribution in [0.2, 0.25) is 5.02 Å². The molecule has 2 heterocycles. The third-order valence-corrected chi connectivity index (χ3v) is 3.79. The van der Waals surface area contributed by atoms with Crippen molar-refractivity contribution >= 4 is 34.3 Å². The lowest BCUT2D eigenvalue weighted by molar-refractivity contribution is 0.0699. The second-order valence-corrected chi connectivity index (χ2v) is 5.20. The first kappa shape index (κ1) is 13.1. The maximum atomic E-state index is 13.2. The second kappa shape index (κ2) is 4.90. The summed E-state index contributed by atoms with van der Waals surface area (Å²) in [6, 6.07) is 6.59. The number of halogens is 2. The summed E-state index contributed by atoms with van der Waals surface area (Å²) < 4.78 is 13.2. The molecular formula is C14H12ClFN2O2. The number of hydrogen-bond donors (Lipinski definition) is 1. The molecule has 1 N–H and O–H groups in total. The first-order valence-corrected chi connectivity index (χ1v) is 6.65. The Morgan fingerprint density at radius 2 is 2.20 bits per heavy atom. The van der Waals surface area contributed by atoms with Gasteiger partial charge in [-0.25, -0.2) is 14.2 Å². The van der Waals surface area contributed by atoms with Gasteiger partial charge in [0.05, 0.1) is 22.6 Å². The number of alkyl halides is 1. The van der Waals surface area contributed by atoms with Gasteiger partial charge in [-0.05, 0) is 30.7 Å². The predicted molar refractivity (Wildman–Crippen MR) is 75.4 cm³/mol. The third-order valence-electron chi connectivity index (χ3n) is 3.47. The molecule has 0 amide bonds. The Morgan fingerprint density at radius 1 is 1.40 bits per heavy atom. The van der Waals surface area contributed by atoms with Crippen molar-refractivity contribution in [2.75, 3.05) is 18.0 Å². The van der Waals surface area contributed by atoms with Crippen LogP contribution in [0.3, 0.4) is 0 Å². The van der Waals surface area contributed by atoms with Crippen molar-refractivity contribution in [3.8, 4) is 0 Å². The van der Waals surface area contributed by atoms with Crippen molar-refractivity contribution in [1.82, 2.24) is 4.98 Å². The molecule has 0 saturated carbocycles. The van der Waals surface area contributed by atoms with E-state index in [0.717, 1.165) is 0 Å². The van der Waals surface area contributed by atoms with E-state index in [1.54, 1.807) is 18.2 Å². The fraction of sp³-hybridized carbons (Fsp3) is 0.286. The van der Waals surface area contributed by atoms with Gasteiger partial charge in [-0.2, -0.15) is 0 Å². The minimum atomic E-state index is -1.08. The maximum absolute atomic E-state index is 13.2. The van der Waals surface area contributed by atoms with Crippen molar-refractivity contribution in [3.63, 3.8) is 0 Å². The molecule has 0 spiro atoms. The molecule has 1 aliphatic rings. The number of carboxylic acid groups (broad SMARTS) is 1. The number of aromatic nitrogens is 1. The molecule has 6 heteroatoms. The summed E-state index contributed by atoms with van der Waals surface area (Å²) in [4.78, 5) is 17.5. The number of carbonyl (C=O) groups is 1. The first-order valence-electron chi connectivity index (χ1n) is 6.28. The van der Waals surface area contributed by atoms with E-state index < -0.39 is 12.1 Å². The molecule has 1 saturated heterocycles. The molecule has 3 rings (SSSR count). The van der Waals surface area contributed by atoms with Crippen LogP contribution in [0, 0.1) is 0 Å². The molecule has 0 aliphatic carbocycles. The van der Waals surface area contributed by atoms with Crippen molar-refractivity contribution in [2.45, 2.75) is 12.6 Å². The fourth-order valence-electron chi connectivity index (χ4n) is 2.49. The highest BCUT2D eigenvalue weighted by Gasteiger charge is 2.23. The van der Waals surface area contributed by atoms with E-state index in [2.05, 4.69) is 4.98 Å². The van der Waals surface area contributed by atoms with Gasteiger partial charge in [-0.1, -0.05) is 11.6 Å². The van der Waals surface area contributed by atoms with Gasteiger partial charge >= 0.3 is 5.97 Å². The SMILES string of the molecule is O=C(O)c1c(Cl)ccc2nc(N3CCC(F)C3)ccc12. The molecule has 4 nitrogen and oxygen atoms in total. The Balaban J connectivity index is 2.09. The Hall–Kier alpha value is -1.88. The topological polar surface area (TPSA) is 53.4 Å². The number of anilines is 1. The molecule has 104 valence electrons. The lowest BCUT2D eigenvalue weighted by Gasteiger charge is -2.17. The van der Waals surface area contributed by atoms with Gasteiger partial charge in [0.25, 0.3) is 0 Å². The van der Waals surface area contributed by atoms with Crippen molar-refractivity contribution in [1.29, 1.82) is 0 Å². The largest absolute Gasteiger partial charge is 0.478 e. The quantitative estimate of drug-likeness (QED) is 0.924. The number of fused-ring (bicyclic) bond motifs is 1. The van der Waals surface area contributed by atoms with E-state index >= 15 is 0 Å². The van der Waals surface area contributed by atoms with Crippen molar-refractivity contribution < 1.29 is 14.3 Å². The highest BCUT2D eigenvalue weighted by molar-refractivity contribution is 6.35. The lowest BCUT2D eigenvalue weighted by atomic mass is 10.1. The normalized spacial score (nSPS) is 18.7. The molecule has 1 fully saturated rings. The molecule has 1 aliphatic heterocycles. The average molecular weight is 295 g/mol. The van der Waals surface area contributed by atoms with Crippen LogP contribution in [-0.4, -0.2) is 35.3 Å². The van der Waals surface area contributed by atoms with Gasteiger partial charge in [0.15, 0.2) is 0 Å². The summed E-state index contributed by atoms with van der Waals surface area (Å²) in [6.45, 7) is 0.955. The molecule has 1 atom stereocenters. The second-order valence-electron chi connectivity index (χ2n) is 4.80. The zero-order valence-corrected chi connectivity index (χ0v) is 11.3. The van der Waals surface area contributed by atoms with E-state index in [-0.39, 0.29) is 10.6 Å². The highest BCUT2D eigenvalue weighted by atomic mass is 35.5. The molecule has 1 unspecified atom stereocenters. The van der Waals surface area contributed by atoms with E-state index in [1.165, 1.54) is 6.07 Å².